The van der Waals surface area contributed by atoms with Crippen molar-refractivity contribution in [3.05, 3.63) is 157 Å². The van der Waals surface area contributed by atoms with Gasteiger partial charge in [0.2, 0.25) is 0 Å². The van der Waals surface area contributed by atoms with Crippen LogP contribution in [0.1, 0.15) is 26.3 Å². The van der Waals surface area contributed by atoms with E-state index in [0.717, 1.165) is 0 Å². The molecule has 0 aliphatic carbocycles. The van der Waals surface area contributed by atoms with Gasteiger partial charge in [0.05, 0.1) is 0 Å². The highest BCUT2D eigenvalue weighted by molar-refractivity contribution is 6.07. The lowest BCUT2D eigenvalue weighted by Crippen LogP contribution is -2.13. The van der Waals surface area contributed by atoms with Crippen molar-refractivity contribution in [3.8, 4) is 11.1 Å². The van der Waals surface area contributed by atoms with Crippen LogP contribution in [0.25, 0.3) is 65.0 Å². The van der Waals surface area contributed by atoms with Crippen molar-refractivity contribution in [1.82, 2.24) is 0 Å². The normalized spacial score (nSPS) is 11.7. The summed E-state index contributed by atoms with van der Waals surface area (Å²) in [6, 6.07) is 54.8. The van der Waals surface area contributed by atoms with Gasteiger partial charge < -0.3 is 0 Å². The lowest BCUT2D eigenvalue weighted by atomic mass is 9.79. The van der Waals surface area contributed by atoms with Gasteiger partial charge in [-0.05, 0) is 106 Å². The molecule has 0 radical (unpaired) electrons. The van der Waals surface area contributed by atoms with E-state index < -0.39 is 0 Å². The number of rotatable bonds is 1. The summed E-state index contributed by atoms with van der Waals surface area (Å²) < 4.78 is 0. The zero-order valence-electron chi connectivity index (χ0n) is 24.4. The Morgan fingerprint density at radius 1 is 0.333 bits per heavy atom. The average Bonchev–Trinajstić information content (AvgIpc) is 3.02. The van der Waals surface area contributed by atoms with Crippen LogP contribution < -0.4 is 0 Å². The zero-order valence-corrected chi connectivity index (χ0v) is 24.4. The third kappa shape index (κ3) is 4.91. The maximum absolute atomic E-state index is 2.37. The quantitative estimate of drug-likeness (QED) is 0.182. The molecule has 0 unspecified atom stereocenters. The predicted molar refractivity (Wildman–Crippen MR) is 185 cm³/mol. The molecule has 0 amide bonds. The molecule has 0 heteroatoms. The number of benzene rings is 8. The average molecular weight is 539 g/mol. The van der Waals surface area contributed by atoms with Gasteiger partial charge in [0.25, 0.3) is 0 Å². The fraction of sp³-hybridized carbons (Fsp3) is 0.0952. The van der Waals surface area contributed by atoms with E-state index in [0.29, 0.717) is 0 Å². The summed E-state index contributed by atoms with van der Waals surface area (Å²) in [5.41, 5.74) is 4.12. The summed E-state index contributed by atoms with van der Waals surface area (Å²) in [6.07, 6.45) is 0. The monoisotopic (exact) mass is 538 g/mol. The van der Waals surface area contributed by atoms with Crippen molar-refractivity contribution in [2.24, 2.45) is 0 Å². The van der Waals surface area contributed by atoms with Crippen molar-refractivity contribution in [1.29, 1.82) is 0 Å². The molecule has 8 aromatic rings. The van der Waals surface area contributed by atoms with Gasteiger partial charge in [-0.1, -0.05) is 142 Å². The lowest BCUT2D eigenvalue weighted by Gasteiger charge is -2.25. The second-order valence-electron chi connectivity index (χ2n) is 12.3. The Morgan fingerprint density at radius 2 is 0.714 bits per heavy atom. The topological polar surface area (TPSA) is 0 Å². The molecule has 0 aliphatic heterocycles. The number of fused-ring (bicyclic) bond motifs is 5. The fourth-order valence-corrected chi connectivity index (χ4v) is 6.18. The van der Waals surface area contributed by atoms with E-state index in [1.807, 2.05) is 0 Å². The van der Waals surface area contributed by atoms with Gasteiger partial charge in [-0.15, -0.1) is 0 Å². The van der Waals surface area contributed by atoms with E-state index in [9.17, 15) is 0 Å². The molecular formula is C42H34. The molecule has 0 atom stereocenters. The summed E-state index contributed by atoms with van der Waals surface area (Å²) in [4.78, 5) is 0. The van der Waals surface area contributed by atoms with Gasteiger partial charge in [0.1, 0.15) is 0 Å². The van der Waals surface area contributed by atoms with E-state index in [1.165, 1.54) is 70.6 Å². The minimum atomic E-state index is 0.0703. The van der Waals surface area contributed by atoms with E-state index in [2.05, 4.69) is 172 Å². The summed E-state index contributed by atoms with van der Waals surface area (Å²) in [6.45, 7) is 6.92. The Kier molecular flexibility index (Phi) is 6.48. The molecule has 0 saturated heterocycles. The van der Waals surface area contributed by atoms with E-state index >= 15 is 0 Å². The second-order valence-corrected chi connectivity index (χ2v) is 12.3. The van der Waals surface area contributed by atoms with E-state index in [4.69, 9.17) is 0 Å². The molecule has 0 spiro atoms. The van der Waals surface area contributed by atoms with E-state index in [-0.39, 0.29) is 5.41 Å². The highest BCUT2D eigenvalue weighted by Gasteiger charge is 2.21. The Morgan fingerprint density at radius 3 is 1.19 bits per heavy atom. The van der Waals surface area contributed by atoms with Crippen molar-refractivity contribution < 1.29 is 0 Å². The van der Waals surface area contributed by atoms with Crippen LogP contribution in [0.3, 0.4) is 0 Å². The third-order valence-corrected chi connectivity index (χ3v) is 8.35. The molecule has 0 N–H and O–H groups in total. The smallest absolute Gasteiger partial charge is 0.00675 e. The molecule has 0 heterocycles. The fourth-order valence-electron chi connectivity index (χ4n) is 6.18. The van der Waals surface area contributed by atoms with Gasteiger partial charge in [-0.3, -0.25) is 0 Å². The molecule has 0 aliphatic rings. The van der Waals surface area contributed by atoms with Crippen LogP contribution in [0.4, 0.5) is 0 Å². The molecular weight excluding hydrogens is 504 g/mol. The van der Waals surface area contributed by atoms with Crippen LogP contribution in [0.15, 0.2) is 152 Å². The minimum absolute atomic E-state index is 0.0703. The molecule has 0 bridgehead atoms. The third-order valence-electron chi connectivity index (χ3n) is 8.35. The Balaban J connectivity index is 0.000000171. The largest absolute Gasteiger partial charge is 0.0616 e. The Hall–Kier alpha value is -4.94. The molecule has 42 heavy (non-hydrogen) atoms. The standard InChI is InChI=1S/C28H24.C14H10/c1-28(2,3)26-15-14-23-16-21-10-6-7-11-22(21)18-25(23)27(26)24-13-12-19-8-4-5-9-20(19)17-24;1-2-6-12-10-14-8-4-3-7-13(14)9-11(12)5-1/h4-18H,1-3H3;1-10H. The number of hydrogen-bond donors (Lipinski definition) is 0. The minimum Gasteiger partial charge on any atom is -0.0616 e. The summed E-state index contributed by atoms with van der Waals surface area (Å²) in [5, 5.41) is 13.0. The summed E-state index contributed by atoms with van der Waals surface area (Å²) in [7, 11) is 0. The molecule has 0 aromatic heterocycles. The zero-order chi connectivity index (χ0) is 28.7. The predicted octanol–water partition coefficient (Wildman–Crippen LogP) is 12.1. The van der Waals surface area contributed by atoms with E-state index in [1.54, 1.807) is 0 Å². The van der Waals surface area contributed by atoms with Crippen molar-refractivity contribution in [2.45, 2.75) is 26.2 Å². The lowest BCUT2D eigenvalue weighted by molar-refractivity contribution is 0.593. The molecule has 0 saturated carbocycles. The first-order chi connectivity index (χ1) is 20.4. The first-order valence-electron chi connectivity index (χ1n) is 14.8. The van der Waals surface area contributed by atoms with Crippen molar-refractivity contribution >= 4 is 53.9 Å². The van der Waals surface area contributed by atoms with Crippen LogP contribution in [0.5, 0.6) is 0 Å². The van der Waals surface area contributed by atoms with Crippen LogP contribution in [-0.4, -0.2) is 0 Å². The summed E-state index contributed by atoms with van der Waals surface area (Å²) >= 11 is 0. The molecule has 8 rings (SSSR count). The first kappa shape index (κ1) is 26.0. The molecule has 8 aromatic carbocycles. The maximum atomic E-state index is 2.37. The SMILES string of the molecule is CC(C)(C)c1ccc2cc3ccccc3cc2c1-c1ccc2ccccc2c1.c1ccc2cc3ccccc3cc2c1. The first-order valence-corrected chi connectivity index (χ1v) is 14.8. The van der Waals surface area contributed by atoms with Crippen molar-refractivity contribution in [3.63, 3.8) is 0 Å². The van der Waals surface area contributed by atoms with Crippen LogP contribution >= 0.6 is 0 Å². The molecule has 202 valence electrons. The highest BCUT2D eigenvalue weighted by atomic mass is 14.2. The number of hydrogen-bond acceptors (Lipinski definition) is 0. The van der Waals surface area contributed by atoms with Gasteiger partial charge in [0, 0.05) is 0 Å². The van der Waals surface area contributed by atoms with Gasteiger partial charge in [-0.2, -0.15) is 0 Å². The van der Waals surface area contributed by atoms with Gasteiger partial charge >= 0.3 is 0 Å². The van der Waals surface area contributed by atoms with Crippen LogP contribution in [0.2, 0.25) is 0 Å². The van der Waals surface area contributed by atoms with Crippen LogP contribution in [0, 0.1) is 0 Å². The summed E-state index contributed by atoms with van der Waals surface area (Å²) in [5.74, 6) is 0. The van der Waals surface area contributed by atoms with Gasteiger partial charge in [-0.25, -0.2) is 0 Å². The molecule has 0 fully saturated rings. The molecule has 0 nitrogen and oxygen atoms in total. The maximum Gasteiger partial charge on any atom is -0.00675 e. The van der Waals surface area contributed by atoms with Gasteiger partial charge in [0.15, 0.2) is 0 Å². The highest BCUT2D eigenvalue weighted by Crippen LogP contribution is 2.40. The van der Waals surface area contributed by atoms with Crippen molar-refractivity contribution in [2.75, 3.05) is 0 Å². The Labute approximate surface area is 247 Å². The van der Waals surface area contributed by atoms with Crippen LogP contribution in [-0.2, 0) is 5.41 Å². The second kappa shape index (κ2) is 10.5. The Bertz CT molecular complexity index is 2120.